The number of hydrogen-bond acceptors (Lipinski definition) is 3. The van der Waals surface area contributed by atoms with Crippen molar-refractivity contribution in [2.75, 3.05) is 20.7 Å². The Morgan fingerprint density at radius 3 is 2.35 bits per heavy atom. The molecule has 0 radical (unpaired) electrons. The van der Waals surface area contributed by atoms with Gasteiger partial charge in [-0.25, -0.2) is 9.34 Å². The van der Waals surface area contributed by atoms with E-state index >= 15 is 0 Å². The molecular formula is C17H29N2O3P. The summed E-state index contributed by atoms with van der Waals surface area (Å²) in [7, 11) is 1.42. The highest BCUT2D eigenvalue weighted by Crippen LogP contribution is 2.63. The fourth-order valence-corrected chi connectivity index (χ4v) is 7.12. The third-order valence-electron chi connectivity index (χ3n) is 6.07. The molecular weight excluding hydrogens is 311 g/mol. The summed E-state index contributed by atoms with van der Waals surface area (Å²) >= 11 is 0. The third-order valence-corrected chi connectivity index (χ3v) is 9.03. The van der Waals surface area contributed by atoms with Crippen molar-refractivity contribution < 1.29 is 14.1 Å². The van der Waals surface area contributed by atoms with Gasteiger partial charge in [0.25, 0.3) is 0 Å². The monoisotopic (exact) mass is 340 g/mol. The topological polar surface area (TPSA) is 49.9 Å². The molecule has 1 unspecified atom stereocenters. The standard InChI is InChI=1S/C17H29N2O3P/c1-13(14-8-10-22-17(20)12-14)9-11-23(21)18(2)15-6-4-5-7-16(15)19(23)3/h9,11,13-16H,4-8,10,12H2,1-3H3/b11-9+/t13-,14?,15+,16+/m0/s1. The van der Waals surface area contributed by atoms with Crippen LogP contribution in [0.15, 0.2) is 11.9 Å². The third kappa shape index (κ3) is 3.16. The Balaban J connectivity index is 1.72. The van der Waals surface area contributed by atoms with Crippen molar-refractivity contribution in [1.82, 2.24) is 9.34 Å². The number of hydrogen-bond donors (Lipinski definition) is 0. The lowest BCUT2D eigenvalue weighted by atomic mass is 9.87. The second-order valence-electron chi connectivity index (χ2n) is 7.33. The normalized spacial score (nSPS) is 36.8. The molecule has 0 aromatic carbocycles. The van der Waals surface area contributed by atoms with Gasteiger partial charge in [0.15, 0.2) is 0 Å². The summed E-state index contributed by atoms with van der Waals surface area (Å²) in [5.74, 6) is 2.39. The Kier molecular flexibility index (Phi) is 5.01. The maximum absolute atomic E-state index is 13.6. The van der Waals surface area contributed by atoms with E-state index in [-0.39, 0.29) is 11.9 Å². The number of carbonyl (C=O) groups excluding carboxylic acids is 1. The first kappa shape index (κ1) is 17.2. The van der Waals surface area contributed by atoms with Crippen LogP contribution in [0.5, 0.6) is 0 Å². The van der Waals surface area contributed by atoms with Crippen LogP contribution < -0.4 is 0 Å². The van der Waals surface area contributed by atoms with Crippen LogP contribution in [0, 0.1) is 11.8 Å². The molecule has 1 aliphatic carbocycles. The predicted octanol–water partition coefficient (Wildman–Crippen LogP) is 3.47. The molecule has 5 nitrogen and oxygen atoms in total. The number of likely N-dealkylation sites (N-methyl/N-ethyl adjacent to an activating group) is 2. The molecule has 0 aromatic rings. The second-order valence-corrected chi connectivity index (χ2v) is 10.1. The van der Waals surface area contributed by atoms with Crippen molar-refractivity contribution in [2.45, 2.75) is 57.5 Å². The van der Waals surface area contributed by atoms with E-state index in [0.29, 0.717) is 31.0 Å². The fourth-order valence-electron chi connectivity index (χ4n) is 4.37. The summed E-state index contributed by atoms with van der Waals surface area (Å²) in [5, 5.41) is 0. The second kappa shape index (κ2) is 6.70. The average Bonchev–Trinajstić information content (AvgIpc) is 2.75. The number of allylic oxidation sites excluding steroid dienone is 1. The minimum absolute atomic E-state index is 0.103. The van der Waals surface area contributed by atoms with E-state index in [0.717, 1.165) is 19.3 Å². The molecule has 2 heterocycles. The van der Waals surface area contributed by atoms with Gasteiger partial charge in [-0.1, -0.05) is 25.8 Å². The number of fused-ring (bicyclic) bond motifs is 1. The quantitative estimate of drug-likeness (QED) is 0.582. The highest BCUT2D eigenvalue weighted by Gasteiger charge is 2.50. The summed E-state index contributed by atoms with van der Waals surface area (Å²) in [6, 6.07) is 0.841. The molecule has 130 valence electrons. The Hall–Kier alpha value is -0.640. The Labute approximate surface area is 139 Å². The summed E-state index contributed by atoms with van der Waals surface area (Å²) < 4.78 is 22.8. The molecule has 1 saturated carbocycles. The van der Waals surface area contributed by atoms with Crippen LogP contribution >= 0.6 is 7.44 Å². The molecule has 2 aliphatic heterocycles. The number of cyclic esters (lactones) is 1. The molecule has 0 spiro atoms. The number of ether oxygens (including phenoxy) is 1. The molecule has 3 aliphatic rings. The maximum atomic E-state index is 13.6. The van der Waals surface area contributed by atoms with Crippen molar-refractivity contribution in [2.24, 2.45) is 11.8 Å². The minimum atomic E-state index is -2.61. The van der Waals surface area contributed by atoms with Crippen LogP contribution in [0.2, 0.25) is 0 Å². The number of nitrogens with zero attached hydrogens (tertiary/aromatic N) is 2. The summed E-state index contributed by atoms with van der Waals surface area (Å²) in [6.45, 7) is 2.64. The van der Waals surface area contributed by atoms with Crippen molar-refractivity contribution in [1.29, 1.82) is 0 Å². The molecule has 0 N–H and O–H groups in total. The van der Waals surface area contributed by atoms with Crippen molar-refractivity contribution in [3.63, 3.8) is 0 Å². The van der Waals surface area contributed by atoms with Gasteiger partial charge in [-0.05, 0) is 45.2 Å². The molecule has 6 heteroatoms. The van der Waals surface area contributed by atoms with Gasteiger partial charge in [-0.15, -0.1) is 0 Å². The van der Waals surface area contributed by atoms with Crippen LogP contribution in [0.25, 0.3) is 0 Å². The zero-order valence-corrected chi connectivity index (χ0v) is 15.4. The summed E-state index contributed by atoms with van der Waals surface area (Å²) in [5.41, 5.74) is 0. The molecule has 3 rings (SSSR count). The van der Waals surface area contributed by atoms with Crippen molar-refractivity contribution in [3.05, 3.63) is 11.9 Å². The highest BCUT2D eigenvalue weighted by molar-refractivity contribution is 7.62. The highest BCUT2D eigenvalue weighted by atomic mass is 31.2. The number of rotatable bonds is 3. The van der Waals surface area contributed by atoms with Crippen LogP contribution in [0.4, 0.5) is 0 Å². The first-order chi connectivity index (χ1) is 10.9. The van der Waals surface area contributed by atoms with Crippen LogP contribution in [-0.2, 0) is 14.1 Å². The number of carbonyl (C=O) groups is 1. The molecule has 4 atom stereocenters. The largest absolute Gasteiger partial charge is 0.466 e. The summed E-state index contributed by atoms with van der Waals surface area (Å²) in [4.78, 5) is 11.5. The average molecular weight is 340 g/mol. The first-order valence-corrected chi connectivity index (χ1v) is 10.5. The van der Waals surface area contributed by atoms with Gasteiger partial charge in [-0.3, -0.25) is 9.36 Å². The Morgan fingerprint density at radius 2 is 1.78 bits per heavy atom. The van der Waals surface area contributed by atoms with E-state index in [1.165, 1.54) is 12.8 Å². The van der Waals surface area contributed by atoms with Gasteiger partial charge in [0.05, 0.1) is 6.61 Å². The molecule has 23 heavy (non-hydrogen) atoms. The molecule has 3 fully saturated rings. The van der Waals surface area contributed by atoms with Gasteiger partial charge in [-0.2, -0.15) is 0 Å². The lowest BCUT2D eigenvalue weighted by molar-refractivity contribution is -0.149. The van der Waals surface area contributed by atoms with Crippen molar-refractivity contribution >= 4 is 13.4 Å². The maximum Gasteiger partial charge on any atom is 0.306 e. The van der Waals surface area contributed by atoms with Gasteiger partial charge in [0.1, 0.15) is 0 Å². The van der Waals surface area contributed by atoms with E-state index in [9.17, 15) is 9.36 Å². The fraction of sp³-hybridized carbons (Fsp3) is 0.824. The minimum Gasteiger partial charge on any atom is -0.466 e. The van der Waals surface area contributed by atoms with E-state index in [2.05, 4.69) is 22.3 Å². The molecule has 0 bridgehead atoms. The van der Waals surface area contributed by atoms with E-state index < -0.39 is 7.44 Å². The van der Waals surface area contributed by atoms with Gasteiger partial charge in [0, 0.05) is 24.3 Å². The van der Waals surface area contributed by atoms with Gasteiger partial charge >= 0.3 is 5.97 Å². The zero-order valence-electron chi connectivity index (χ0n) is 14.5. The van der Waals surface area contributed by atoms with Crippen LogP contribution in [-0.4, -0.2) is 48.1 Å². The van der Waals surface area contributed by atoms with E-state index in [1.807, 2.05) is 19.9 Å². The molecule has 0 aromatic heterocycles. The van der Waals surface area contributed by atoms with Gasteiger partial charge < -0.3 is 4.74 Å². The Bertz CT molecular complexity index is 514. The SMILES string of the molecule is C[C@@H](/C=C/P1(=O)N(C)[C@@H]2CCCC[C@H]2N1C)C1CCOC(=O)C1. The first-order valence-electron chi connectivity index (χ1n) is 8.85. The predicted molar refractivity (Wildman–Crippen MR) is 91.2 cm³/mol. The molecule has 0 amide bonds. The Morgan fingerprint density at radius 1 is 1.17 bits per heavy atom. The van der Waals surface area contributed by atoms with Crippen LogP contribution in [0.3, 0.4) is 0 Å². The van der Waals surface area contributed by atoms with Gasteiger partial charge in [0.2, 0.25) is 7.44 Å². The smallest absolute Gasteiger partial charge is 0.306 e. The summed E-state index contributed by atoms with van der Waals surface area (Å²) in [6.07, 6.45) is 8.23. The molecule has 2 saturated heterocycles. The van der Waals surface area contributed by atoms with Crippen molar-refractivity contribution in [3.8, 4) is 0 Å². The van der Waals surface area contributed by atoms with E-state index in [1.54, 1.807) is 0 Å². The lowest BCUT2D eigenvalue weighted by Crippen LogP contribution is -2.37. The van der Waals surface area contributed by atoms with E-state index in [4.69, 9.17) is 4.74 Å². The number of esters is 1. The zero-order chi connectivity index (χ0) is 16.6. The lowest BCUT2D eigenvalue weighted by Gasteiger charge is -2.28. The van der Waals surface area contributed by atoms with Crippen LogP contribution in [0.1, 0.15) is 45.4 Å².